The zero-order chi connectivity index (χ0) is 12.9. The van der Waals surface area contributed by atoms with E-state index < -0.39 is 10.0 Å². The van der Waals surface area contributed by atoms with Crippen LogP contribution in [0, 0.1) is 0 Å². The van der Waals surface area contributed by atoms with E-state index in [4.69, 9.17) is 0 Å². The Hall–Kier alpha value is -0.910. The second-order valence-corrected chi connectivity index (χ2v) is 5.82. The van der Waals surface area contributed by atoms with Crippen LogP contribution < -0.4 is 10.0 Å². The van der Waals surface area contributed by atoms with E-state index in [-0.39, 0.29) is 6.04 Å². The molecule has 0 fully saturated rings. The van der Waals surface area contributed by atoms with E-state index in [9.17, 15) is 8.42 Å². The second kappa shape index (κ2) is 6.14. The molecule has 5 heteroatoms. The van der Waals surface area contributed by atoms with E-state index in [0.29, 0.717) is 11.4 Å². The Morgan fingerprint density at radius 3 is 2.65 bits per heavy atom. The van der Waals surface area contributed by atoms with Gasteiger partial charge in [0.25, 0.3) is 0 Å². The Kier molecular flexibility index (Phi) is 5.11. The van der Waals surface area contributed by atoms with Crippen LogP contribution in [0.15, 0.2) is 29.2 Å². The lowest BCUT2D eigenvalue weighted by atomic mass is 10.2. The van der Waals surface area contributed by atoms with Crippen LogP contribution in [0.4, 0.5) is 0 Å². The van der Waals surface area contributed by atoms with Gasteiger partial charge in [0, 0.05) is 12.6 Å². The third-order valence-corrected chi connectivity index (χ3v) is 4.15. The van der Waals surface area contributed by atoms with Crippen LogP contribution >= 0.6 is 0 Å². The molecule has 1 unspecified atom stereocenters. The molecule has 0 saturated heterocycles. The van der Waals surface area contributed by atoms with E-state index >= 15 is 0 Å². The number of rotatable bonds is 6. The van der Waals surface area contributed by atoms with Crippen molar-refractivity contribution in [1.82, 2.24) is 10.0 Å². The fraction of sp³-hybridized carbons (Fsp3) is 0.500. The molecule has 0 bridgehead atoms. The molecule has 17 heavy (non-hydrogen) atoms. The zero-order valence-corrected chi connectivity index (χ0v) is 11.3. The summed E-state index contributed by atoms with van der Waals surface area (Å²) >= 11 is 0. The van der Waals surface area contributed by atoms with E-state index in [1.165, 1.54) is 0 Å². The lowest BCUT2D eigenvalue weighted by Crippen LogP contribution is -2.32. The minimum atomic E-state index is -3.39. The Morgan fingerprint density at radius 2 is 2.06 bits per heavy atom. The van der Waals surface area contributed by atoms with Gasteiger partial charge in [0.15, 0.2) is 0 Å². The highest BCUT2D eigenvalue weighted by molar-refractivity contribution is 7.89. The first-order chi connectivity index (χ1) is 7.99. The first-order valence-corrected chi connectivity index (χ1v) is 7.23. The maximum atomic E-state index is 12.0. The lowest BCUT2D eigenvalue weighted by molar-refractivity contribution is 0.555. The standard InChI is InChI=1S/C12H20N2O2S/c1-4-10(2)14-17(15,16)12-7-5-6-11(8-12)9-13-3/h5-8,10,13-14H,4,9H2,1-3H3. The Bertz CT molecular complexity index is 457. The van der Waals surface area contributed by atoms with Crippen molar-refractivity contribution in [1.29, 1.82) is 0 Å². The summed E-state index contributed by atoms with van der Waals surface area (Å²) in [5, 5.41) is 3.00. The Morgan fingerprint density at radius 1 is 1.35 bits per heavy atom. The lowest BCUT2D eigenvalue weighted by Gasteiger charge is -2.12. The van der Waals surface area contributed by atoms with Gasteiger partial charge in [-0.15, -0.1) is 0 Å². The molecular formula is C12H20N2O2S. The summed E-state index contributed by atoms with van der Waals surface area (Å²) in [5.74, 6) is 0. The van der Waals surface area contributed by atoms with Gasteiger partial charge in [0.2, 0.25) is 10.0 Å². The molecule has 96 valence electrons. The van der Waals surface area contributed by atoms with Crippen molar-refractivity contribution >= 4 is 10.0 Å². The average Bonchev–Trinajstić information content (AvgIpc) is 2.29. The highest BCUT2D eigenvalue weighted by Gasteiger charge is 2.16. The molecule has 2 N–H and O–H groups in total. The normalized spacial score (nSPS) is 13.6. The van der Waals surface area contributed by atoms with E-state index in [1.807, 2.05) is 27.0 Å². The van der Waals surface area contributed by atoms with Gasteiger partial charge in [-0.05, 0) is 38.1 Å². The number of hydrogen-bond donors (Lipinski definition) is 2. The SMILES string of the molecule is CCC(C)NS(=O)(=O)c1cccc(CNC)c1. The van der Waals surface area contributed by atoms with Crippen molar-refractivity contribution in [2.45, 2.75) is 37.8 Å². The molecular weight excluding hydrogens is 236 g/mol. The molecule has 0 aliphatic heterocycles. The zero-order valence-electron chi connectivity index (χ0n) is 10.5. The first-order valence-electron chi connectivity index (χ1n) is 5.75. The van der Waals surface area contributed by atoms with Gasteiger partial charge >= 0.3 is 0 Å². The van der Waals surface area contributed by atoms with Crippen LogP contribution in [0.1, 0.15) is 25.8 Å². The highest BCUT2D eigenvalue weighted by atomic mass is 32.2. The molecule has 1 rings (SSSR count). The van der Waals surface area contributed by atoms with Crippen LogP contribution in [0.25, 0.3) is 0 Å². The maximum Gasteiger partial charge on any atom is 0.240 e. The molecule has 1 aromatic rings. The van der Waals surface area contributed by atoms with Crippen molar-refractivity contribution in [2.24, 2.45) is 0 Å². The van der Waals surface area contributed by atoms with Gasteiger partial charge in [-0.3, -0.25) is 0 Å². The van der Waals surface area contributed by atoms with E-state index in [0.717, 1.165) is 12.0 Å². The summed E-state index contributed by atoms with van der Waals surface area (Å²) in [6.45, 7) is 4.46. The molecule has 0 heterocycles. The molecule has 0 aliphatic carbocycles. The molecule has 0 spiro atoms. The number of benzene rings is 1. The summed E-state index contributed by atoms with van der Waals surface area (Å²) in [7, 11) is -1.56. The van der Waals surface area contributed by atoms with E-state index in [2.05, 4.69) is 10.0 Å². The summed E-state index contributed by atoms with van der Waals surface area (Å²) in [6.07, 6.45) is 0.773. The molecule has 1 aromatic carbocycles. The molecule has 0 amide bonds. The predicted molar refractivity (Wildman–Crippen MR) is 69.3 cm³/mol. The predicted octanol–water partition coefficient (Wildman–Crippen LogP) is 1.48. The van der Waals surface area contributed by atoms with Crippen molar-refractivity contribution < 1.29 is 8.42 Å². The van der Waals surface area contributed by atoms with Gasteiger partial charge < -0.3 is 5.32 Å². The second-order valence-electron chi connectivity index (χ2n) is 4.11. The fourth-order valence-electron chi connectivity index (χ4n) is 1.44. The summed E-state index contributed by atoms with van der Waals surface area (Å²) in [6, 6.07) is 6.93. The van der Waals surface area contributed by atoms with Crippen molar-refractivity contribution in [3.8, 4) is 0 Å². The van der Waals surface area contributed by atoms with Gasteiger partial charge in [0.1, 0.15) is 0 Å². The monoisotopic (exact) mass is 256 g/mol. The molecule has 4 nitrogen and oxygen atoms in total. The summed E-state index contributed by atoms with van der Waals surface area (Å²) in [5.41, 5.74) is 0.958. The quantitative estimate of drug-likeness (QED) is 0.810. The van der Waals surface area contributed by atoms with E-state index in [1.54, 1.807) is 18.2 Å². The Balaban J connectivity index is 2.94. The highest BCUT2D eigenvalue weighted by Crippen LogP contribution is 2.12. The molecule has 0 aliphatic rings. The first kappa shape index (κ1) is 14.2. The van der Waals surface area contributed by atoms with Gasteiger partial charge in [-0.1, -0.05) is 19.1 Å². The van der Waals surface area contributed by atoms with Crippen molar-refractivity contribution in [3.63, 3.8) is 0 Å². The largest absolute Gasteiger partial charge is 0.316 e. The van der Waals surface area contributed by atoms with Crippen molar-refractivity contribution in [2.75, 3.05) is 7.05 Å². The summed E-state index contributed by atoms with van der Waals surface area (Å²) in [4.78, 5) is 0.325. The number of nitrogens with one attached hydrogen (secondary N) is 2. The number of sulfonamides is 1. The van der Waals surface area contributed by atoms with Crippen LogP contribution in [-0.2, 0) is 16.6 Å². The van der Waals surface area contributed by atoms with Gasteiger partial charge in [-0.2, -0.15) is 0 Å². The fourth-order valence-corrected chi connectivity index (χ4v) is 2.84. The maximum absolute atomic E-state index is 12.0. The van der Waals surface area contributed by atoms with Crippen LogP contribution in [-0.4, -0.2) is 21.5 Å². The number of hydrogen-bond acceptors (Lipinski definition) is 3. The average molecular weight is 256 g/mol. The topological polar surface area (TPSA) is 58.2 Å². The third kappa shape index (κ3) is 4.11. The van der Waals surface area contributed by atoms with Crippen LogP contribution in [0.2, 0.25) is 0 Å². The minimum absolute atomic E-state index is 0.0482. The van der Waals surface area contributed by atoms with Gasteiger partial charge in [-0.25, -0.2) is 13.1 Å². The molecule has 0 aromatic heterocycles. The smallest absolute Gasteiger partial charge is 0.240 e. The molecule has 0 saturated carbocycles. The van der Waals surface area contributed by atoms with Crippen LogP contribution in [0.5, 0.6) is 0 Å². The van der Waals surface area contributed by atoms with Crippen molar-refractivity contribution in [3.05, 3.63) is 29.8 Å². The molecule has 0 radical (unpaired) electrons. The minimum Gasteiger partial charge on any atom is -0.316 e. The summed E-state index contributed by atoms with van der Waals surface area (Å²) < 4.78 is 26.7. The third-order valence-electron chi connectivity index (χ3n) is 2.56. The molecule has 1 atom stereocenters. The Labute approximate surface area is 103 Å². The van der Waals surface area contributed by atoms with Crippen LogP contribution in [0.3, 0.4) is 0 Å². The van der Waals surface area contributed by atoms with Gasteiger partial charge in [0.05, 0.1) is 4.90 Å².